The molecule has 1 unspecified atom stereocenters. The highest BCUT2D eigenvalue weighted by Gasteiger charge is 2.13. The Balaban J connectivity index is 3.59. The molecule has 0 aromatic carbocycles. The van der Waals surface area contributed by atoms with Crippen LogP contribution in [0.3, 0.4) is 0 Å². The molecule has 0 bridgehead atoms. The molecule has 59 heavy (non-hydrogen) atoms. The molecule has 0 aromatic rings. The lowest BCUT2D eigenvalue weighted by molar-refractivity contribution is -0.154. The van der Waals surface area contributed by atoms with E-state index in [1.165, 1.54) is 77.0 Å². The maximum absolute atomic E-state index is 12.3. The van der Waals surface area contributed by atoms with Gasteiger partial charge in [-0.1, -0.05) is 200 Å². The smallest absolute Gasteiger partial charge is 0.306 e. The highest BCUT2D eigenvalue weighted by atomic mass is 16.6. The Labute approximate surface area is 365 Å². The summed E-state index contributed by atoms with van der Waals surface area (Å²) in [6.07, 6.45) is 75.6. The second kappa shape index (κ2) is 50.9. The lowest BCUT2D eigenvalue weighted by atomic mass is 10.1. The summed E-state index contributed by atoms with van der Waals surface area (Å²) >= 11 is 0. The third-order valence-electron chi connectivity index (χ3n) is 9.77. The molecule has 0 fully saturated rings. The highest BCUT2D eigenvalue weighted by molar-refractivity contribution is 5.69. The van der Waals surface area contributed by atoms with Crippen molar-refractivity contribution in [3.8, 4) is 0 Å². The fraction of sp³-hybridized carbons (Fsp3) is 0.618. The number of carbonyl (C=O) groups excluding carboxylic acids is 1. The summed E-state index contributed by atoms with van der Waals surface area (Å²) in [5.74, 6) is -0.228. The van der Waals surface area contributed by atoms with Gasteiger partial charge in [0.15, 0.2) is 0 Å². The van der Waals surface area contributed by atoms with E-state index in [-0.39, 0.29) is 19.2 Å². The van der Waals surface area contributed by atoms with E-state index in [1.54, 1.807) is 0 Å². The Hall–Kier alpha value is -3.21. The third kappa shape index (κ3) is 49.1. The van der Waals surface area contributed by atoms with Crippen molar-refractivity contribution in [2.24, 2.45) is 0 Å². The molecule has 4 nitrogen and oxygen atoms in total. The number of unbranched alkanes of at least 4 members (excludes halogenated alkanes) is 15. The van der Waals surface area contributed by atoms with Crippen molar-refractivity contribution in [3.63, 3.8) is 0 Å². The fourth-order valence-electron chi connectivity index (χ4n) is 6.20. The average molecular weight is 815 g/mol. The lowest BCUT2D eigenvalue weighted by Gasteiger charge is -2.15. The van der Waals surface area contributed by atoms with Crippen molar-refractivity contribution >= 4 is 5.97 Å². The van der Waals surface area contributed by atoms with Crippen molar-refractivity contribution < 1.29 is 19.4 Å². The summed E-state index contributed by atoms with van der Waals surface area (Å²) in [5.41, 5.74) is 0. The van der Waals surface area contributed by atoms with Gasteiger partial charge in [0.1, 0.15) is 6.10 Å². The van der Waals surface area contributed by atoms with Gasteiger partial charge in [0.05, 0.1) is 13.2 Å². The Morgan fingerprint density at radius 3 is 1.15 bits per heavy atom. The molecule has 0 radical (unpaired) electrons. The van der Waals surface area contributed by atoms with Gasteiger partial charge in [-0.2, -0.15) is 0 Å². The topological polar surface area (TPSA) is 55.8 Å². The first-order valence-electron chi connectivity index (χ1n) is 24.1. The van der Waals surface area contributed by atoms with E-state index >= 15 is 0 Å². The molecule has 0 amide bonds. The van der Waals surface area contributed by atoms with Crippen LogP contribution in [-0.2, 0) is 14.3 Å². The first kappa shape index (κ1) is 55.8. The minimum Gasteiger partial charge on any atom is -0.457 e. The fourth-order valence-corrected chi connectivity index (χ4v) is 6.20. The Morgan fingerprint density at radius 2 is 0.763 bits per heavy atom. The number of esters is 1. The summed E-state index contributed by atoms with van der Waals surface area (Å²) in [6.45, 7) is 5.09. The average Bonchev–Trinajstić information content (AvgIpc) is 3.24. The van der Waals surface area contributed by atoms with Crippen molar-refractivity contribution in [1.82, 2.24) is 0 Å². The van der Waals surface area contributed by atoms with E-state index in [4.69, 9.17) is 9.47 Å². The number of hydrogen-bond acceptors (Lipinski definition) is 4. The van der Waals surface area contributed by atoms with Gasteiger partial charge in [-0.05, 0) is 109 Å². The zero-order valence-electron chi connectivity index (χ0n) is 38.2. The Morgan fingerprint density at radius 1 is 0.424 bits per heavy atom. The molecular formula is C55H90O4. The quantitative estimate of drug-likeness (QED) is 0.0378. The van der Waals surface area contributed by atoms with Crippen LogP contribution in [0.1, 0.15) is 194 Å². The minimum absolute atomic E-state index is 0.201. The molecular weight excluding hydrogens is 725 g/mol. The van der Waals surface area contributed by atoms with Crippen LogP contribution in [0.5, 0.6) is 0 Å². The van der Waals surface area contributed by atoms with Gasteiger partial charge in [-0.15, -0.1) is 0 Å². The maximum Gasteiger partial charge on any atom is 0.306 e. The molecule has 0 spiro atoms. The van der Waals surface area contributed by atoms with E-state index in [0.717, 1.165) is 96.3 Å². The van der Waals surface area contributed by atoms with Crippen molar-refractivity contribution in [3.05, 3.63) is 122 Å². The first-order chi connectivity index (χ1) is 29.2. The molecule has 334 valence electrons. The van der Waals surface area contributed by atoms with Crippen LogP contribution in [0.25, 0.3) is 0 Å². The molecule has 0 heterocycles. The predicted octanol–water partition coefficient (Wildman–Crippen LogP) is 16.4. The summed E-state index contributed by atoms with van der Waals surface area (Å²) in [6, 6.07) is 0. The third-order valence-corrected chi connectivity index (χ3v) is 9.77. The Bertz CT molecular complexity index is 1180. The Kier molecular flexibility index (Phi) is 48.2. The SMILES string of the molecule is CC/C=C\C/C=C\C/C=C\C/C=C\C/C=C\C/C=C\C/C=C\CCCCOCC(CO)OC(=O)CCCCCCCCCC/C=C\C/C=C\C/C=C\CCCCCCC. The number of rotatable bonds is 43. The van der Waals surface area contributed by atoms with Crippen molar-refractivity contribution in [2.75, 3.05) is 19.8 Å². The standard InChI is InChI=1S/C55H90O4/c1-3-5-7-9-11-13-15-17-19-21-23-25-27-29-31-33-35-37-39-41-43-45-47-49-51-58-53-54(52-56)59-55(57)50-48-46-44-42-40-38-36-34-32-30-28-26-24-22-20-18-16-14-12-10-8-6-4-2/h5,7,11,13,16-19,22-25,28-31,35,37,41,43,54,56H,3-4,6,8-10,12,14-15,20-21,26-27,32-34,36,38-40,42,44-53H2,1-2H3/b7-5-,13-11-,18-16-,19-17-,24-22-,25-23-,30-28-,31-29-,37-35-,43-41-. The van der Waals surface area contributed by atoms with E-state index in [9.17, 15) is 9.90 Å². The van der Waals surface area contributed by atoms with Gasteiger partial charge < -0.3 is 14.6 Å². The molecule has 0 rings (SSSR count). The van der Waals surface area contributed by atoms with Crippen molar-refractivity contribution in [1.29, 1.82) is 0 Å². The van der Waals surface area contributed by atoms with Crippen LogP contribution in [0.15, 0.2) is 122 Å². The molecule has 0 aliphatic heterocycles. The number of ether oxygens (including phenoxy) is 2. The number of allylic oxidation sites excluding steroid dienone is 20. The largest absolute Gasteiger partial charge is 0.457 e. The van der Waals surface area contributed by atoms with Gasteiger partial charge in [0, 0.05) is 13.0 Å². The zero-order chi connectivity index (χ0) is 42.6. The molecule has 0 aromatic heterocycles. The molecule has 0 aliphatic carbocycles. The van der Waals surface area contributed by atoms with Gasteiger partial charge >= 0.3 is 5.97 Å². The number of carbonyl (C=O) groups is 1. The summed E-state index contributed by atoms with van der Waals surface area (Å²) in [4.78, 5) is 12.3. The van der Waals surface area contributed by atoms with Gasteiger partial charge in [-0.3, -0.25) is 4.79 Å². The second-order valence-corrected chi connectivity index (χ2v) is 15.4. The zero-order valence-corrected chi connectivity index (χ0v) is 38.2. The summed E-state index contributed by atoms with van der Waals surface area (Å²) < 4.78 is 11.1. The van der Waals surface area contributed by atoms with Crippen LogP contribution in [-0.4, -0.2) is 37.0 Å². The van der Waals surface area contributed by atoms with E-state index < -0.39 is 6.10 Å². The van der Waals surface area contributed by atoms with Gasteiger partial charge in [0.2, 0.25) is 0 Å². The highest BCUT2D eigenvalue weighted by Crippen LogP contribution is 2.12. The molecule has 1 atom stereocenters. The van der Waals surface area contributed by atoms with Crippen LogP contribution in [0, 0.1) is 0 Å². The number of aliphatic hydroxyl groups excluding tert-OH is 1. The first-order valence-corrected chi connectivity index (χ1v) is 24.1. The molecule has 0 aliphatic rings. The molecule has 0 saturated carbocycles. The van der Waals surface area contributed by atoms with Gasteiger partial charge in [0.25, 0.3) is 0 Å². The van der Waals surface area contributed by atoms with E-state index in [2.05, 4.69) is 135 Å². The predicted molar refractivity (Wildman–Crippen MR) is 260 cm³/mol. The van der Waals surface area contributed by atoms with Crippen LogP contribution < -0.4 is 0 Å². The lowest BCUT2D eigenvalue weighted by Crippen LogP contribution is -2.27. The monoisotopic (exact) mass is 815 g/mol. The number of hydrogen-bond donors (Lipinski definition) is 1. The minimum atomic E-state index is -0.572. The van der Waals surface area contributed by atoms with Crippen LogP contribution in [0.2, 0.25) is 0 Å². The molecule has 4 heteroatoms. The summed E-state index contributed by atoms with van der Waals surface area (Å²) in [5, 5.41) is 9.63. The van der Waals surface area contributed by atoms with Crippen LogP contribution >= 0.6 is 0 Å². The van der Waals surface area contributed by atoms with Gasteiger partial charge in [-0.25, -0.2) is 0 Å². The molecule has 1 N–H and O–H groups in total. The van der Waals surface area contributed by atoms with Crippen LogP contribution in [0.4, 0.5) is 0 Å². The molecule has 0 saturated heterocycles. The maximum atomic E-state index is 12.3. The summed E-state index contributed by atoms with van der Waals surface area (Å²) in [7, 11) is 0. The van der Waals surface area contributed by atoms with E-state index in [1.807, 2.05) is 0 Å². The second-order valence-electron chi connectivity index (χ2n) is 15.4. The normalized spacial score (nSPS) is 13.5. The van der Waals surface area contributed by atoms with E-state index in [0.29, 0.717) is 13.0 Å². The number of aliphatic hydroxyl groups is 1. The van der Waals surface area contributed by atoms with Crippen molar-refractivity contribution in [2.45, 2.75) is 200 Å².